The third kappa shape index (κ3) is 6.37. The Morgan fingerprint density at radius 2 is 1.74 bits per heavy atom. The van der Waals surface area contributed by atoms with Gasteiger partial charge in [0.1, 0.15) is 24.2 Å². The van der Waals surface area contributed by atoms with Crippen LogP contribution < -0.4 is 20.1 Å². The van der Waals surface area contributed by atoms with Crippen LogP contribution in [0.2, 0.25) is 0 Å². The van der Waals surface area contributed by atoms with E-state index in [9.17, 15) is 14.4 Å². The number of methoxy groups -OCH3 is 1. The number of nitrogens with zero attached hydrogens (tertiary/aromatic N) is 1. The van der Waals surface area contributed by atoms with Gasteiger partial charge in [0, 0.05) is 24.0 Å². The van der Waals surface area contributed by atoms with E-state index in [2.05, 4.69) is 22.8 Å². The van der Waals surface area contributed by atoms with E-state index >= 15 is 0 Å². The van der Waals surface area contributed by atoms with Crippen LogP contribution in [0, 0.1) is 0 Å². The number of aryl methyl sites for hydroxylation is 2. The fourth-order valence-electron chi connectivity index (χ4n) is 6.30. The molecule has 6 rings (SSSR count). The van der Waals surface area contributed by atoms with E-state index < -0.39 is 0 Å². The summed E-state index contributed by atoms with van der Waals surface area (Å²) in [6, 6.07) is 17.9. The maximum Gasteiger partial charge on any atom is 0.257 e. The molecule has 43 heavy (non-hydrogen) atoms. The summed E-state index contributed by atoms with van der Waals surface area (Å²) in [6.45, 7) is 0.244. The zero-order valence-corrected chi connectivity index (χ0v) is 24.6. The van der Waals surface area contributed by atoms with Gasteiger partial charge in [0.2, 0.25) is 5.91 Å². The standard InChI is InChI=1S/C34H37N3O6/c1-37-29-14-13-27(19-32(38)35-24-11-10-21-6-3-4-7-22(21)16-24)43-31(29)20-42-30-15-12-25(18-28(30)34(37)40)36-33(39)23-8-5-9-26(17-23)41-2/h5,8-12,15-18,27,29,31H,3-4,6-7,13-14,19-20H2,1-2H3,(H,35,38)(H,36,39)/t27-,29+,31-/m1/s1. The Bertz CT molecular complexity index is 1540. The molecule has 9 nitrogen and oxygen atoms in total. The number of likely N-dealkylation sites (N-methyl/N-ethyl adjacent to an activating group) is 1. The van der Waals surface area contributed by atoms with Crippen LogP contribution in [0.1, 0.15) is 63.9 Å². The van der Waals surface area contributed by atoms with Crippen LogP contribution in [0.5, 0.6) is 11.5 Å². The van der Waals surface area contributed by atoms with Crippen LogP contribution in [-0.2, 0) is 22.4 Å². The van der Waals surface area contributed by atoms with E-state index in [0.717, 1.165) is 18.5 Å². The quantitative estimate of drug-likeness (QED) is 0.412. The Morgan fingerprint density at radius 1 is 0.953 bits per heavy atom. The smallest absolute Gasteiger partial charge is 0.257 e. The molecule has 3 aromatic rings. The van der Waals surface area contributed by atoms with E-state index in [1.165, 1.54) is 24.0 Å². The molecule has 3 atom stereocenters. The van der Waals surface area contributed by atoms with Gasteiger partial charge in [-0.25, -0.2) is 0 Å². The minimum absolute atomic E-state index is 0.0794. The molecule has 1 aliphatic carbocycles. The van der Waals surface area contributed by atoms with Crippen LogP contribution in [0.3, 0.4) is 0 Å². The van der Waals surface area contributed by atoms with E-state index in [1.54, 1.807) is 61.5 Å². The van der Waals surface area contributed by atoms with Gasteiger partial charge in [-0.15, -0.1) is 0 Å². The number of hydrogen-bond acceptors (Lipinski definition) is 6. The van der Waals surface area contributed by atoms with Crippen molar-refractivity contribution in [3.05, 3.63) is 82.9 Å². The second-order valence-electron chi connectivity index (χ2n) is 11.5. The molecule has 1 saturated heterocycles. The minimum atomic E-state index is -0.371. The Hall–Kier alpha value is -4.37. The van der Waals surface area contributed by atoms with Crippen LogP contribution in [-0.4, -0.2) is 61.6 Å². The average Bonchev–Trinajstić information content (AvgIpc) is 3.03. The van der Waals surface area contributed by atoms with E-state index in [-0.39, 0.29) is 49.0 Å². The van der Waals surface area contributed by atoms with E-state index in [4.69, 9.17) is 14.2 Å². The topological polar surface area (TPSA) is 106 Å². The van der Waals surface area contributed by atoms with Gasteiger partial charge in [-0.05, 0) is 98.2 Å². The Balaban J connectivity index is 1.09. The molecular weight excluding hydrogens is 546 g/mol. The number of carbonyl (C=O) groups excluding carboxylic acids is 3. The van der Waals surface area contributed by atoms with Crippen molar-refractivity contribution in [1.82, 2.24) is 4.90 Å². The Labute approximate surface area is 251 Å². The molecule has 2 heterocycles. The molecule has 0 radical (unpaired) electrons. The molecule has 0 saturated carbocycles. The van der Waals surface area contributed by atoms with Crippen molar-refractivity contribution in [2.24, 2.45) is 0 Å². The fraction of sp³-hybridized carbons (Fsp3) is 0.382. The van der Waals surface area contributed by atoms with Crippen molar-refractivity contribution < 1.29 is 28.6 Å². The number of nitrogens with one attached hydrogen (secondary N) is 2. The first kappa shape index (κ1) is 28.7. The predicted molar refractivity (Wildman–Crippen MR) is 163 cm³/mol. The third-order valence-corrected chi connectivity index (χ3v) is 8.65. The number of anilines is 2. The van der Waals surface area contributed by atoms with Crippen molar-refractivity contribution in [2.45, 2.75) is 63.2 Å². The maximum atomic E-state index is 13.6. The monoisotopic (exact) mass is 583 g/mol. The summed E-state index contributed by atoms with van der Waals surface area (Å²) >= 11 is 0. The van der Waals surface area contributed by atoms with Gasteiger partial charge in [-0.3, -0.25) is 14.4 Å². The van der Waals surface area contributed by atoms with Crippen molar-refractivity contribution in [3.63, 3.8) is 0 Å². The highest BCUT2D eigenvalue weighted by atomic mass is 16.5. The molecule has 3 aromatic carbocycles. The zero-order chi connectivity index (χ0) is 29.9. The first-order valence-electron chi connectivity index (χ1n) is 14.9. The van der Waals surface area contributed by atoms with Crippen LogP contribution >= 0.6 is 0 Å². The number of ether oxygens (including phenoxy) is 3. The number of rotatable bonds is 6. The lowest BCUT2D eigenvalue weighted by molar-refractivity contribution is -0.130. The largest absolute Gasteiger partial charge is 0.497 e. The van der Waals surface area contributed by atoms with Crippen molar-refractivity contribution in [1.29, 1.82) is 0 Å². The van der Waals surface area contributed by atoms with Gasteiger partial charge in [0.05, 0.1) is 31.2 Å². The number of hydrogen-bond donors (Lipinski definition) is 2. The number of carbonyl (C=O) groups is 3. The third-order valence-electron chi connectivity index (χ3n) is 8.65. The molecule has 0 aromatic heterocycles. The molecule has 9 heteroatoms. The molecule has 0 spiro atoms. The average molecular weight is 584 g/mol. The number of amides is 3. The lowest BCUT2D eigenvalue weighted by Crippen LogP contribution is -2.53. The molecule has 2 N–H and O–H groups in total. The highest BCUT2D eigenvalue weighted by molar-refractivity contribution is 6.06. The van der Waals surface area contributed by atoms with Gasteiger partial charge >= 0.3 is 0 Å². The summed E-state index contributed by atoms with van der Waals surface area (Å²) in [5.41, 5.74) is 4.83. The SMILES string of the molecule is COc1cccc(C(=O)Nc2ccc3c(c2)C(=O)N(C)[C@H]2CC[C@H](CC(=O)Nc4ccc5c(c4)CCCC5)O[C@@H]2CO3)c1. The number of benzene rings is 3. The fourth-order valence-corrected chi connectivity index (χ4v) is 6.30. The Kier molecular flexibility index (Phi) is 8.33. The molecule has 2 aliphatic heterocycles. The summed E-state index contributed by atoms with van der Waals surface area (Å²) in [4.78, 5) is 41.0. The summed E-state index contributed by atoms with van der Waals surface area (Å²) in [6.07, 6.45) is 5.52. The lowest BCUT2D eigenvalue weighted by Gasteiger charge is -2.42. The van der Waals surface area contributed by atoms with Crippen molar-refractivity contribution in [2.75, 3.05) is 31.4 Å². The van der Waals surface area contributed by atoms with E-state index in [1.807, 2.05) is 6.07 Å². The van der Waals surface area contributed by atoms with Crippen LogP contribution in [0.15, 0.2) is 60.7 Å². The number of fused-ring (bicyclic) bond motifs is 3. The second kappa shape index (κ2) is 12.5. The summed E-state index contributed by atoms with van der Waals surface area (Å²) in [7, 11) is 3.31. The summed E-state index contributed by atoms with van der Waals surface area (Å²) < 4.78 is 17.7. The normalized spacial score (nSPS) is 21.2. The molecular formula is C34H37N3O6. The maximum absolute atomic E-state index is 13.6. The molecule has 3 aliphatic rings. The van der Waals surface area contributed by atoms with Crippen molar-refractivity contribution >= 4 is 29.1 Å². The molecule has 0 bridgehead atoms. The highest BCUT2D eigenvalue weighted by Gasteiger charge is 2.39. The van der Waals surface area contributed by atoms with Gasteiger partial charge in [-0.2, -0.15) is 0 Å². The van der Waals surface area contributed by atoms with E-state index in [0.29, 0.717) is 41.2 Å². The first-order chi connectivity index (χ1) is 20.9. The van der Waals surface area contributed by atoms with Gasteiger partial charge in [0.25, 0.3) is 11.8 Å². The van der Waals surface area contributed by atoms with Gasteiger partial charge < -0.3 is 29.7 Å². The minimum Gasteiger partial charge on any atom is -0.497 e. The molecule has 1 fully saturated rings. The lowest BCUT2D eigenvalue weighted by atomic mass is 9.91. The Morgan fingerprint density at radius 3 is 2.58 bits per heavy atom. The summed E-state index contributed by atoms with van der Waals surface area (Å²) in [5.74, 6) is 0.399. The molecule has 0 unspecified atom stereocenters. The highest BCUT2D eigenvalue weighted by Crippen LogP contribution is 2.33. The summed E-state index contributed by atoms with van der Waals surface area (Å²) in [5, 5.41) is 5.91. The molecule has 3 amide bonds. The second-order valence-corrected chi connectivity index (χ2v) is 11.5. The van der Waals surface area contributed by atoms with Gasteiger partial charge in [0.15, 0.2) is 0 Å². The van der Waals surface area contributed by atoms with Gasteiger partial charge in [-0.1, -0.05) is 12.1 Å². The first-order valence-corrected chi connectivity index (χ1v) is 14.9. The van der Waals surface area contributed by atoms with Crippen LogP contribution in [0.4, 0.5) is 11.4 Å². The molecule has 224 valence electrons. The predicted octanol–water partition coefficient (Wildman–Crippen LogP) is 5.24. The van der Waals surface area contributed by atoms with Crippen LogP contribution in [0.25, 0.3) is 0 Å². The van der Waals surface area contributed by atoms with Crippen molar-refractivity contribution in [3.8, 4) is 11.5 Å². The zero-order valence-electron chi connectivity index (χ0n) is 24.6.